The van der Waals surface area contributed by atoms with Crippen molar-refractivity contribution >= 4 is 5.69 Å². The largest absolute Gasteiger partial charge is 0.277 e. The van der Waals surface area contributed by atoms with Gasteiger partial charge >= 0.3 is 0 Å². The lowest BCUT2D eigenvalue weighted by atomic mass is 10.1. The lowest BCUT2D eigenvalue weighted by Gasteiger charge is -2.15. The number of rotatable bonds is 1. The van der Waals surface area contributed by atoms with E-state index >= 15 is 0 Å². The van der Waals surface area contributed by atoms with Gasteiger partial charge in [0, 0.05) is 6.54 Å². The van der Waals surface area contributed by atoms with E-state index in [0.717, 1.165) is 13.0 Å². The molecule has 0 atom stereocenters. The molecule has 1 heterocycles. The molecule has 1 aromatic carbocycles. The first-order valence-electron chi connectivity index (χ1n) is 4.22. The second kappa shape index (κ2) is 2.79. The van der Waals surface area contributed by atoms with E-state index in [0.29, 0.717) is 0 Å². The molecular formula is C10H13NO. The Kier molecular flexibility index (Phi) is 1.77. The molecule has 0 amide bonds. The van der Waals surface area contributed by atoms with Crippen molar-refractivity contribution in [1.82, 2.24) is 0 Å². The van der Waals surface area contributed by atoms with Crippen LogP contribution in [-0.4, -0.2) is 13.7 Å². The Balaban J connectivity index is 2.42. The van der Waals surface area contributed by atoms with Crippen molar-refractivity contribution in [2.75, 3.05) is 18.7 Å². The summed E-state index contributed by atoms with van der Waals surface area (Å²) in [5, 5.41) is 1.95. The second-order valence-electron chi connectivity index (χ2n) is 3.17. The average molecular weight is 163 g/mol. The van der Waals surface area contributed by atoms with Crippen molar-refractivity contribution in [1.29, 1.82) is 0 Å². The summed E-state index contributed by atoms with van der Waals surface area (Å²) in [7, 11) is 1.72. The highest BCUT2D eigenvalue weighted by Gasteiger charge is 2.17. The molecule has 0 unspecified atom stereocenters. The third kappa shape index (κ3) is 1.08. The van der Waals surface area contributed by atoms with E-state index in [2.05, 4.69) is 25.1 Å². The fourth-order valence-corrected chi connectivity index (χ4v) is 1.65. The molecule has 1 aromatic rings. The van der Waals surface area contributed by atoms with E-state index in [1.165, 1.54) is 16.8 Å². The van der Waals surface area contributed by atoms with E-state index in [1.807, 2.05) is 5.06 Å². The first-order chi connectivity index (χ1) is 5.81. The zero-order valence-electron chi connectivity index (χ0n) is 7.50. The lowest BCUT2D eigenvalue weighted by molar-refractivity contribution is 0.174. The molecule has 0 aliphatic carbocycles. The molecule has 0 bridgehead atoms. The number of aryl methyl sites for hydroxylation is 1. The summed E-state index contributed by atoms with van der Waals surface area (Å²) in [4.78, 5) is 5.23. The highest BCUT2D eigenvalue weighted by molar-refractivity contribution is 5.57. The first-order valence-corrected chi connectivity index (χ1v) is 4.22. The maximum Gasteiger partial charge on any atom is 0.0671 e. The summed E-state index contributed by atoms with van der Waals surface area (Å²) in [6.45, 7) is 3.09. The van der Waals surface area contributed by atoms with Gasteiger partial charge in [-0.3, -0.25) is 9.90 Å². The maximum atomic E-state index is 5.23. The normalized spacial score (nSPS) is 15.0. The minimum atomic E-state index is 0.981. The predicted molar refractivity (Wildman–Crippen MR) is 49.2 cm³/mol. The average Bonchev–Trinajstić information content (AvgIpc) is 2.46. The lowest BCUT2D eigenvalue weighted by Crippen LogP contribution is -2.18. The van der Waals surface area contributed by atoms with E-state index in [9.17, 15) is 0 Å². The molecule has 2 nitrogen and oxygen atoms in total. The van der Waals surface area contributed by atoms with Gasteiger partial charge in [0.05, 0.1) is 12.8 Å². The fraction of sp³-hybridized carbons (Fsp3) is 0.400. The van der Waals surface area contributed by atoms with Crippen LogP contribution in [0.3, 0.4) is 0 Å². The molecule has 0 radical (unpaired) electrons. The molecule has 0 saturated carbocycles. The van der Waals surface area contributed by atoms with E-state index in [4.69, 9.17) is 4.84 Å². The minimum Gasteiger partial charge on any atom is -0.277 e. The highest BCUT2D eigenvalue weighted by atomic mass is 16.7. The van der Waals surface area contributed by atoms with Crippen LogP contribution >= 0.6 is 0 Å². The van der Waals surface area contributed by atoms with Gasteiger partial charge in [-0.25, -0.2) is 0 Å². The van der Waals surface area contributed by atoms with Crippen LogP contribution in [0.15, 0.2) is 18.2 Å². The van der Waals surface area contributed by atoms with E-state index in [-0.39, 0.29) is 0 Å². The number of benzene rings is 1. The highest BCUT2D eigenvalue weighted by Crippen LogP contribution is 2.28. The summed E-state index contributed by atoms with van der Waals surface area (Å²) in [5.74, 6) is 0. The van der Waals surface area contributed by atoms with Crippen molar-refractivity contribution in [2.24, 2.45) is 0 Å². The summed E-state index contributed by atoms with van der Waals surface area (Å²) in [6.07, 6.45) is 1.10. The van der Waals surface area contributed by atoms with Gasteiger partial charge in [0.15, 0.2) is 0 Å². The Morgan fingerprint density at radius 2 is 2.25 bits per heavy atom. The first kappa shape index (κ1) is 7.62. The van der Waals surface area contributed by atoms with Crippen molar-refractivity contribution < 1.29 is 4.84 Å². The van der Waals surface area contributed by atoms with Gasteiger partial charge in [0.25, 0.3) is 0 Å². The van der Waals surface area contributed by atoms with Crippen LogP contribution in [0.2, 0.25) is 0 Å². The molecule has 2 rings (SSSR count). The topological polar surface area (TPSA) is 12.5 Å². The summed E-state index contributed by atoms with van der Waals surface area (Å²) in [6, 6.07) is 6.51. The Labute approximate surface area is 72.7 Å². The van der Waals surface area contributed by atoms with E-state index in [1.54, 1.807) is 7.11 Å². The number of nitrogens with zero attached hydrogens (tertiary/aromatic N) is 1. The van der Waals surface area contributed by atoms with Crippen molar-refractivity contribution in [3.8, 4) is 0 Å². The molecule has 0 fully saturated rings. The van der Waals surface area contributed by atoms with Crippen molar-refractivity contribution in [3.05, 3.63) is 29.3 Å². The second-order valence-corrected chi connectivity index (χ2v) is 3.17. The molecule has 1 aliphatic heterocycles. The Morgan fingerprint density at radius 3 is 3.00 bits per heavy atom. The number of hydroxylamine groups is 1. The summed E-state index contributed by atoms with van der Waals surface area (Å²) in [5.41, 5.74) is 3.91. The van der Waals surface area contributed by atoms with E-state index < -0.39 is 0 Å². The number of hydrogen-bond donors (Lipinski definition) is 0. The van der Waals surface area contributed by atoms with Crippen LogP contribution in [-0.2, 0) is 11.3 Å². The standard InChI is InChI=1S/C10H13NO/c1-8-3-4-9-5-6-11(12-2)10(9)7-8/h3-4,7H,5-6H2,1-2H3. The van der Waals surface area contributed by atoms with Gasteiger partial charge in [-0.05, 0) is 30.5 Å². The molecule has 1 aliphatic rings. The predicted octanol–water partition coefficient (Wildman–Crippen LogP) is 1.92. The molecule has 12 heavy (non-hydrogen) atoms. The Morgan fingerprint density at radius 1 is 1.42 bits per heavy atom. The SMILES string of the molecule is CON1CCc2ccc(C)cc21. The van der Waals surface area contributed by atoms with Gasteiger partial charge in [0.1, 0.15) is 0 Å². The summed E-state index contributed by atoms with van der Waals surface area (Å²) < 4.78 is 0. The minimum absolute atomic E-state index is 0.981. The number of hydrogen-bond acceptors (Lipinski definition) is 2. The van der Waals surface area contributed by atoms with Gasteiger partial charge < -0.3 is 0 Å². The Bertz CT molecular complexity index is 296. The van der Waals surface area contributed by atoms with Crippen molar-refractivity contribution in [3.63, 3.8) is 0 Å². The van der Waals surface area contributed by atoms with Crippen LogP contribution in [0, 0.1) is 6.92 Å². The van der Waals surface area contributed by atoms with Crippen LogP contribution < -0.4 is 5.06 Å². The molecular weight excluding hydrogens is 150 g/mol. The Hall–Kier alpha value is -1.02. The number of anilines is 1. The smallest absolute Gasteiger partial charge is 0.0671 e. The van der Waals surface area contributed by atoms with Crippen molar-refractivity contribution in [2.45, 2.75) is 13.3 Å². The van der Waals surface area contributed by atoms with Crippen LogP contribution in [0.25, 0.3) is 0 Å². The third-order valence-electron chi connectivity index (χ3n) is 2.31. The molecule has 0 saturated heterocycles. The van der Waals surface area contributed by atoms with Gasteiger partial charge in [-0.1, -0.05) is 12.1 Å². The maximum absolute atomic E-state index is 5.23. The zero-order chi connectivity index (χ0) is 8.55. The summed E-state index contributed by atoms with van der Waals surface area (Å²) >= 11 is 0. The number of fused-ring (bicyclic) bond motifs is 1. The van der Waals surface area contributed by atoms with Crippen LogP contribution in [0.5, 0.6) is 0 Å². The monoisotopic (exact) mass is 163 g/mol. The molecule has 2 heteroatoms. The van der Waals surface area contributed by atoms with Gasteiger partial charge in [-0.2, -0.15) is 0 Å². The molecule has 0 N–H and O–H groups in total. The van der Waals surface area contributed by atoms with Gasteiger partial charge in [-0.15, -0.1) is 0 Å². The third-order valence-corrected chi connectivity index (χ3v) is 2.31. The van der Waals surface area contributed by atoms with Crippen LogP contribution in [0.1, 0.15) is 11.1 Å². The quantitative estimate of drug-likeness (QED) is 0.627. The molecule has 0 aromatic heterocycles. The van der Waals surface area contributed by atoms with Gasteiger partial charge in [0.2, 0.25) is 0 Å². The molecule has 64 valence electrons. The molecule has 0 spiro atoms. The fourth-order valence-electron chi connectivity index (χ4n) is 1.65. The zero-order valence-corrected chi connectivity index (χ0v) is 7.50. The van der Waals surface area contributed by atoms with Crippen LogP contribution in [0.4, 0.5) is 5.69 Å².